The summed E-state index contributed by atoms with van der Waals surface area (Å²) >= 11 is 0. The molecule has 0 bridgehead atoms. The maximum absolute atomic E-state index is 9.20. The van der Waals surface area contributed by atoms with Gasteiger partial charge in [-0.2, -0.15) is 12.1 Å². The first kappa shape index (κ1) is 41.1. The van der Waals surface area contributed by atoms with Crippen molar-refractivity contribution in [1.29, 1.82) is 0 Å². The Labute approximate surface area is 536 Å². The molecule has 6 nitrogen and oxygen atoms in total. The van der Waals surface area contributed by atoms with E-state index in [4.69, 9.17) is 32.3 Å². The summed E-state index contributed by atoms with van der Waals surface area (Å²) in [6.45, 7) is 21.1. The third kappa shape index (κ3) is 11.1. The van der Waals surface area contributed by atoms with E-state index in [-0.39, 0.29) is 94.4 Å². The maximum atomic E-state index is 9.20. The molecule has 10 aromatic carbocycles. The second-order valence-corrected chi connectivity index (χ2v) is 23.9. The Morgan fingerprint density at radius 2 is 1.00 bits per heavy atom. The average molecular weight is 1300 g/mol. The topological polar surface area (TPSA) is 42.8 Å². The summed E-state index contributed by atoms with van der Waals surface area (Å²) in [6, 6.07) is 42.3. The van der Waals surface area contributed by atoms with Gasteiger partial charge in [0.05, 0.1) is 20.6 Å². The average Bonchev–Trinajstić information content (AvgIpc) is 1.37. The molecule has 85 heavy (non-hydrogen) atoms. The molecule has 0 N–H and O–H groups in total. The number of rotatable bonds is 11. The number of ether oxygens (including phenoxy) is 2. The quantitative estimate of drug-likeness (QED) is 0.121. The minimum Gasteiger partial charge on any atom is -0.509 e. The molecule has 12 aromatic rings. The Morgan fingerprint density at radius 3 is 1.60 bits per heavy atom. The Morgan fingerprint density at radius 1 is 0.459 bits per heavy atom. The second-order valence-electron chi connectivity index (χ2n) is 23.9. The van der Waals surface area contributed by atoms with Gasteiger partial charge in [0.2, 0.25) is 0 Å². The zero-order valence-electron chi connectivity index (χ0n) is 63.4. The molecule has 0 radical (unpaired) electrons. The molecule has 0 saturated heterocycles. The Kier molecular flexibility index (Phi) is 10.9. The van der Waals surface area contributed by atoms with Crippen molar-refractivity contribution < 1.29 is 51.1 Å². The first-order chi connectivity index (χ1) is 46.7. The maximum Gasteiger partial charge on any atom is 0.143 e. The van der Waals surface area contributed by atoms with Crippen molar-refractivity contribution in [3.8, 4) is 73.3 Å². The number of fused-ring (bicyclic) bond motifs is 4. The predicted octanol–water partition coefficient (Wildman–Crippen LogP) is 21.3. The number of pyridine rings is 1. The van der Waals surface area contributed by atoms with Gasteiger partial charge < -0.3 is 23.8 Å². The normalized spacial score (nSPS) is 15.0. The number of hydrogen-bond acceptors (Lipinski definition) is 5. The van der Waals surface area contributed by atoms with Crippen molar-refractivity contribution >= 4 is 44.6 Å². The fraction of sp³-hybridized carbons (Fsp3) is 0.154. The first-order valence-corrected chi connectivity index (χ1v) is 27.8. The van der Waals surface area contributed by atoms with Crippen LogP contribution in [0.2, 0.25) is 0 Å². The SMILES string of the molecule is [2H]c1c([2H])c([2H])c(-c2cccc(-c3cc(C(C)(C)C)cc(C(C)(C)C)c3)c2Oc2ccnc(-n3c4[c-]c(Oc5[c-]c(N6[CH-]N(c7c(-c8c([2H])c([2H])c([2H])c([2H])c8[2H])cccc7-c7c([2H])c([2H])c([2H])c([2H])c7[2H])c7ccccc76)ccc5)ccc4c4cc(C(C)(C)C)ccc43)c2)c([2H])c1[2H].[Pt]. The van der Waals surface area contributed by atoms with Crippen LogP contribution in [0.15, 0.2) is 236 Å². The number of anilines is 4. The first-order valence-electron chi connectivity index (χ1n) is 35.3. The number of hydrogen-bond donors (Lipinski definition) is 0. The zero-order chi connectivity index (χ0) is 71.0. The second kappa shape index (κ2) is 22.6. The minimum atomic E-state index is -0.594. The molecule has 1 aliphatic heterocycles. The standard InChI is InChI=1S/C78H67N4O2.Pt/c1-76(2,3)56-38-41-69-68(47-56)67-40-39-61(83-60-31-21-30-59(48-60)80-51-81(71-37-20-19-36-70(71)80)74-63(52-24-13-10-14-25-52)32-22-33-64(74)53-26-15-11-16-27-53)49-72(67)82(69)73-50-62(42-43-79-73)84-75-65(54-28-17-12-18-29-54)34-23-35-66(75)55-44-57(77(4,5)6)46-58(45-55)78(7,8)9;/h10-47,50-51H,1-9H3;/q-3;/i10D,11D,12D,13D,14D,15D,16D,17D,18D,24D,25D,26D,27D,28D,29D;. The van der Waals surface area contributed by atoms with Crippen LogP contribution in [0.25, 0.3) is 72.1 Å². The van der Waals surface area contributed by atoms with Gasteiger partial charge in [-0.15, -0.1) is 48.1 Å². The molecular formula is C78H67N4O2Pt-3. The van der Waals surface area contributed by atoms with Crippen LogP contribution in [0, 0.1) is 18.8 Å². The fourth-order valence-corrected chi connectivity index (χ4v) is 10.7. The van der Waals surface area contributed by atoms with Crippen molar-refractivity contribution in [3.05, 3.63) is 272 Å². The molecule has 3 heterocycles. The van der Waals surface area contributed by atoms with Gasteiger partial charge in [-0.25, -0.2) is 4.98 Å². The number of para-hydroxylation sites is 4. The largest absolute Gasteiger partial charge is 0.509 e. The summed E-state index contributed by atoms with van der Waals surface area (Å²) in [5, 5.41) is 1.76. The molecule has 0 unspecified atom stereocenters. The van der Waals surface area contributed by atoms with E-state index in [9.17, 15) is 2.74 Å². The summed E-state index contributed by atoms with van der Waals surface area (Å²) in [5.74, 6) is 1.66. The van der Waals surface area contributed by atoms with E-state index in [1.54, 1.807) is 72.4 Å². The van der Waals surface area contributed by atoms with Crippen molar-refractivity contribution in [2.75, 3.05) is 9.80 Å². The smallest absolute Gasteiger partial charge is 0.143 e. The Hall–Kier alpha value is -8.96. The Balaban J connectivity index is 0.00000948. The van der Waals surface area contributed by atoms with E-state index in [1.165, 1.54) is 0 Å². The molecule has 0 amide bonds. The summed E-state index contributed by atoms with van der Waals surface area (Å²) < 4.78 is 148. The van der Waals surface area contributed by atoms with Gasteiger partial charge in [-0.3, -0.25) is 0 Å². The van der Waals surface area contributed by atoms with Crippen molar-refractivity contribution in [2.24, 2.45) is 0 Å². The van der Waals surface area contributed by atoms with Crippen molar-refractivity contribution in [1.82, 2.24) is 9.55 Å². The summed E-state index contributed by atoms with van der Waals surface area (Å²) in [5.41, 5.74) is 7.41. The molecule has 0 fully saturated rings. The van der Waals surface area contributed by atoms with Crippen LogP contribution in [-0.2, 0) is 37.3 Å². The van der Waals surface area contributed by atoms with E-state index < -0.39 is 78.6 Å². The van der Waals surface area contributed by atoms with Gasteiger partial charge in [0.25, 0.3) is 0 Å². The molecule has 7 heteroatoms. The molecular weight excluding hydrogens is 1220 g/mol. The summed E-state index contributed by atoms with van der Waals surface area (Å²) in [6.07, 6.45) is 1.64. The summed E-state index contributed by atoms with van der Waals surface area (Å²) in [7, 11) is 0. The van der Waals surface area contributed by atoms with Crippen molar-refractivity contribution in [3.63, 3.8) is 0 Å². The number of nitrogens with zero attached hydrogens (tertiary/aromatic N) is 4. The van der Waals surface area contributed by atoms with Crippen LogP contribution >= 0.6 is 0 Å². The van der Waals surface area contributed by atoms with E-state index in [0.717, 1.165) is 38.5 Å². The molecule has 1 aliphatic rings. The van der Waals surface area contributed by atoms with Gasteiger partial charge in [-0.05, 0) is 84.8 Å². The van der Waals surface area contributed by atoms with E-state index in [0.29, 0.717) is 51.0 Å². The van der Waals surface area contributed by atoms with Gasteiger partial charge >= 0.3 is 0 Å². The van der Waals surface area contributed by atoms with Gasteiger partial charge in [-0.1, -0.05) is 237 Å². The van der Waals surface area contributed by atoms with Gasteiger partial charge in [0, 0.05) is 89.7 Å². The third-order valence-corrected chi connectivity index (χ3v) is 15.1. The monoisotopic (exact) mass is 1300 g/mol. The van der Waals surface area contributed by atoms with E-state index in [2.05, 4.69) is 111 Å². The van der Waals surface area contributed by atoms with Crippen LogP contribution in [0.1, 0.15) is 99.6 Å². The molecule has 0 atom stereocenters. The van der Waals surface area contributed by atoms with Crippen molar-refractivity contribution in [2.45, 2.75) is 78.6 Å². The predicted molar refractivity (Wildman–Crippen MR) is 349 cm³/mol. The molecule has 2 aromatic heterocycles. The molecule has 13 rings (SSSR count). The van der Waals surface area contributed by atoms with Crippen LogP contribution < -0.4 is 19.3 Å². The Bertz CT molecular complexity index is 5160. The van der Waals surface area contributed by atoms with E-state index in [1.807, 2.05) is 58.0 Å². The number of aromatic nitrogens is 2. The molecule has 0 aliphatic carbocycles. The van der Waals surface area contributed by atoms with Crippen LogP contribution in [0.5, 0.6) is 23.0 Å². The number of benzene rings is 10. The zero-order valence-corrected chi connectivity index (χ0v) is 50.6. The van der Waals surface area contributed by atoms with Crippen LogP contribution in [-0.4, -0.2) is 9.55 Å². The molecule has 0 spiro atoms. The minimum absolute atomic E-state index is 0. The molecule has 424 valence electrons. The fourth-order valence-electron chi connectivity index (χ4n) is 10.7. The van der Waals surface area contributed by atoms with E-state index >= 15 is 0 Å². The van der Waals surface area contributed by atoms with Crippen LogP contribution in [0.3, 0.4) is 0 Å². The summed E-state index contributed by atoms with van der Waals surface area (Å²) in [4.78, 5) is 8.52. The third-order valence-electron chi connectivity index (χ3n) is 15.1. The van der Waals surface area contributed by atoms with Gasteiger partial charge in [0.1, 0.15) is 17.3 Å². The molecule has 0 saturated carbocycles. The van der Waals surface area contributed by atoms with Crippen LogP contribution in [0.4, 0.5) is 22.7 Å². The van der Waals surface area contributed by atoms with Gasteiger partial charge in [0.15, 0.2) is 0 Å².